The van der Waals surface area contributed by atoms with E-state index in [2.05, 4.69) is 15.5 Å². The van der Waals surface area contributed by atoms with Gasteiger partial charge in [-0.15, -0.1) is 0 Å². The zero-order valence-electron chi connectivity index (χ0n) is 14.5. The molecule has 0 unspecified atom stereocenters. The van der Waals surface area contributed by atoms with Gasteiger partial charge in [-0.3, -0.25) is 14.4 Å². The molecule has 1 saturated carbocycles. The second-order valence-electron chi connectivity index (χ2n) is 6.61. The molecule has 1 saturated heterocycles. The summed E-state index contributed by atoms with van der Waals surface area (Å²) in [6.45, 7) is 2.56. The van der Waals surface area contributed by atoms with Crippen molar-refractivity contribution >= 4 is 35.0 Å². The van der Waals surface area contributed by atoms with Gasteiger partial charge < -0.3 is 20.4 Å². The molecule has 2 N–H and O–H groups in total. The number of anilines is 1. The summed E-state index contributed by atoms with van der Waals surface area (Å²) in [4.78, 5) is 39.4. The fourth-order valence-corrected chi connectivity index (χ4v) is 3.00. The highest BCUT2D eigenvalue weighted by Crippen LogP contribution is 2.28. The van der Waals surface area contributed by atoms with Crippen LogP contribution >= 0.6 is 11.6 Å². The number of carbonyl (C=O) groups is 3. The third-order valence-electron chi connectivity index (χ3n) is 4.63. The molecule has 3 rings (SSSR count). The Morgan fingerprint density at radius 3 is 2.23 bits per heavy atom. The zero-order valence-corrected chi connectivity index (χ0v) is 15.3. The van der Waals surface area contributed by atoms with Crippen molar-refractivity contribution in [2.24, 2.45) is 5.92 Å². The van der Waals surface area contributed by atoms with Gasteiger partial charge in [0.15, 0.2) is 0 Å². The zero-order chi connectivity index (χ0) is 18.5. The molecule has 0 bridgehead atoms. The summed E-state index contributed by atoms with van der Waals surface area (Å²) in [7, 11) is 0. The number of nitrogens with zero attached hydrogens (tertiary/aromatic N) is 2. The van der Waals surface area contributed by atoms with Gasteiger partial charge in [0.1, 0.15) is 0 Å². The highest BCUT2D eigenvalue weighted by atomic mass is 35.5. The molecule has 8 heteroatoms. The minimum Gasteiger partial charge on any atom is -0.368 e. The molecule has 7 nitrogen and oxygen atoms in total. The molecular weight excluding hydrogens is 356 g/mol. The number of halogens is 1. The Bertz CT molecular complexity index is 668. The van der Waals surface area contributed by atoms with Crippen molar-refractivity contribution in [2.45, 2.75) is 12.8 Å². The molecule has 0 aromatic heterocycles. The van der Waals surface area contributed by atoms with Gasteiger partial charge in [0.2, 0.25) is 17.7 Å². The fourth-order valence-electron chi connectivity index (χ4n) is 2.87. The van der Waals surface area contributed by atoms with E-state index in [-0.39, 0.29) is 36.7 Å². The van der Waals surface area contributed by atoms with Crippen LogP contribution in [0.3, 0.4) is 0 Å². The summed E-state index contributed by atoms with van der Waals surface area (Å²) in [5, 5.41) is 5.85. The summed E-state index contributed by atoms with van der Waals surface area (Å²) in [6, 6.07) is 7.64. The summed E-state index contributed by atoms with van der Waals surface area (Å²) >= 11 is 5.90. The van der Waals surface area contributed by atoms with Crippen LogP contribution in [0.15, 0.2) is 24.3 Å². The summed E-state index contributed by atoms with van der Waals surface area (Å²) in [5.41, 5.74) is 1.08. The van der Waals surface area contributed by atoms with Crippen LogP contribution in [0.25, 0.3) is 0 Å². The fraction of sp³-hybridized carbons (Fsp3) is 0.500. The molecule has 3 amide bonds. The van der Waals surface area contributed by atoms with Crippen LogP contribution in [0.5, 0.6) is 0 Å². The normalized spacial score (nSPS) is 17.0. The van der Waals surface area contributed by atoms with Crippen molar-refractivity contribution in [1.29, 1.82) is 0 Å². The number of rotatable bonds is 6. The van der Waals surface area contributed by atoms with Gasteiger partial charge in [0.25, 0.3) is 0 Å². The molecule has 0 spiro atoms. The van der Waals surface area contributed by atoms with E-state index in [1.54, 1.807) is 4.90 Å². The Kier molecular flexibility index (Phi) is 5.98. The topological polar surface area (TPSA) is 81.8 Å². The molecule has 0 radical (unpaired) electrons. The molecule has 1 aliphatic heterocycles. The third-order valence-corrected chi connectivity index (χ3v) is 4.88. The Morgan fingerprint density at radius 1 is 0.962 bits per heavy atom. The van der Waals surface area contributed by atoms with Crippen LogP contribution in [0, 0.1) is 5.92 Å². The molecular formula is C18H23ClN4O3. The lowest BCUT2D eigenvalue weighted by atomic mass is 10.2. The van der Waals surface area contributed by atoms with Crippen molar-refractivity contribution in [3.8, 4) is 0 Å². The minimum atomic E-state index is -0.341. The average Bonchev–Trinajstić information content (AvgIpc) is 3.50. The van der Waals surface area contributed by atoms with Crippen LogP contribution < -0.4 is 15.5 Å². The van der Waals surface area contributed by atoms with E-state index >= 15 is 0 Å². The number of hydrogen-bond acceptors (Lipinski definition) is 4. The van der Waals surface area contributed by atoms with Crippen molar-refractivity contribution in [1.82, 2.24) is 15.5 Å². The molecule has 26 heavy (non-hydrogen) atoms. The van der Waals surface area contributed by atoms with E-state index in [4.69, 9.17) is 11.6 Å². The van der Waals surface area contributed by atoms with Gasteiger partial charge in [-0.2, -0.15) is 0 Å². The molecule has 0 atom stereocenters. The van der Waals surface area contributed by atoms with Crippen LogP contribution in [0.2, 0.25) is 5.02 Å². The lowest BCUT2D eigenvalue weighted by Gasteiger charge is -2.36. The van der Waals surface area contributed by atoms with Gasteiger partial charge in [0.05, 0.1) is 13.1 Å². The molecule has 2 aliphatic rings. The number of hydrogen-bond donors (Lipinski definition) is 2. The predicted octanol–water partition coefficient (Wildman–Crippen LogP) is 0.631. The van der Waals surface area contributed by atoms with Crippen LogP contribution in [-0.2, 0) is 14.4 Å². The number of amides is 3. The number of nitrogens with one attached hydrogen (secondary N) is 2. The Hall–Kier alpha value is -2.28. The van der Waals surface area contributed by atoms with Gasteiger partial charge in [0, 0.05) is 42.8 Å². The quantitative estimate of drug-likeness (QED) is 0.760. The van der Waals surface area contributed by atoms with Crippen molar-refractivity contribution in [2.75, 3.05) is 44.2 Å². The van der Waals surface area contributed by atoms with Gasteiger partial charge in [-0.25, -0.2) is 0 Å². The van der Waals surface area contributed by atoms with Crippen LogP contribution in [0.1, 0.15) is 12.8 Å². The molecule has 140 valence electrons. The van der Waals surface area contributed by atoms with E-state index in [1.165, 1.54) is 0 Å². The van der Waals surface area contributed by atoms with Crippen LogP contribution in [-0.4, -0.2) is 61.9 Å². The second kappa shape index (κ2) is 8.40. The molecule has 1 heterocycles. The lowest BCUT2D eigenvalue weighted by Crippen LogP contribution is -2.51. The van der Waals surface area contributed by atoms with E-state index in [0.29, 0.717) is 18.1 Å². The van der Waals surface area contributed by atoms with Crippen LogP contribution in [0.4, 0.5) is 5.69 Å². The maximum absolute atomic E-state index is 12.2. The van der Waals surface area contributed by atoms with Gasteiger partial charge >= 0.3 is 0 Å². The van der Waals surface area contributed by atoms with Crippen molar-refractivity contribution in [3.63, 3.8) is 0 Å². The highest BCUT2D eigenvalue weighted by molar-refractivity contribution is 6.30. The molecule has 1 aliphatic carbocycles. The Morgan fingerprint density at radius 2 is 1.62 bits per heavy atom. The number of piperazine rings is 1. The van der Waals surface area contributed by atoms with Crippen molar-refractivity contribution < 1.29 is 14.4 Å². The molecule has 1 aromatic carbocycles. The van der Waals surface area contributed by atoms with Crippen molar-refractivity contribution in [3.05, 3.63) is 29.3 Å². The first-order valence-corrected chi connectivity index (χ1v) is 9.23. The Balaban J connectivity index is 1.36. The average molecular weight is 379 g/mol. The maximum atomic E-state index is 12.2. The van der Waals surface area contributed by atoms with E-state index < -0.39 is 0 Å². The van der Waals surface area contributed by atoms with E-state index in [0.717, 1.165) is 31.6 Å². The minimum absolute atomic E-state index is 0.0426. The first kappa shape index (κ1) is 18.5. The third kappa shape index (κ3) is 5.11. The highest BCUT2D eigenvalue weighted by Gasteiger charge is 2.29. The van der Waals surface area contributed by atoms with E-state index in [9.17, 15) is 14.4 Å². The first-order chi connectivity index (χ1) is 12.5. The van der Waals surface area contributed by atoms with Gasteiger partial charge in [-0.05, 0) is 37.1 Å². The summed E-state index contributed by atoms with van der Waals surface area (Å²) < 4.78 is 0. The molecule has 2 fully saturated rings. The monoisotopic (exact) mass is 378 g/mol. The number of carbonyl (C=O) groups excluding carboxylic acids is 3. The number of benzene rings is 1. The Labute approximate surface area is 157 Å². The smallest absolute Gasteiger partial charge is 0.242 e. The predicted molar refractivity (Wildman–Crippen MR) is 99.0 cm³/mol. The van der Waals surface area contributed by atoms with Gasteiger partial charge in [-0.1, -0.05) is 11.6 Å². The second-order valence-corrected chi connectivity index (χ2v) is 7.05. The summed E-state index contributed by atoms with van der Waals surface area (Å²) in [6.07, 6.45) is 1.79. The SMILES string of the molecule is O=C(CNC(=O)C1CC1)NCC(=O)N1CCN(c2ccc(Cl)cc2)CC1. The molecule has 1 aromatic rings. The standard InChI is InChI=1S/C18H23ClN4O3/c19-14-3-5-15(6-4-14)22-7-9-23(10-8-22)17(25)12-20-16(24)11-21-18(26)13-1-2-13/h3-6,13H,1-2,7-12H2,(H,20,24)(H,21,26). The van der Waals surface area contributed by atoms with E-state index in [1.807, 2.05) is 24.3 Å². The summed E-state index contributed by atoms with van der Waals surface area (Å²) in [5.74, 6) is -0.457. The maximum Gasteiger partial charge on any atom is 0.242 e. The largest absolute Gasteiger partial charge is 0.368 e. The lowest BCUT2D eigenvalue weighted by molar-refractivity contribution is -0.133. The first-order valence-electron chi connectivity index (χ1n) is 8.85.